The van der Waals surface area contributed by atoms with Gasteiger partial charge in [-0.05, 0) is 30.9 Å². The van der Waals surface area contributed by atoms with Gasteiger partial charge in [0.05, 0.1) is 10.5 Å². The Morgan fingerprint density at radius 1 is 1.40 bits per heavy atom. The van der Waals surface area contributed by atoms with Gasteiger partial charge in [0.15, 0.2) is 0 Å². The van der Waals surface area contributed by atoms with Crippen LogP contribution in [-0.4, -0.2) is 30.0 Å². The lowest BCUT2D eigenvalue weighted by molar-refractivity contribution is -0.384. The van der Waals surface area contributed by atoms with Gasteiger partial charge < -0.3 is 16.4 Å². The zero-order valence-electron chi connectivity index (χ0n) is 13.3. The molecule has 4 N–H and O–H groups in total. The molecule has 138 valence electrons. The van der Waals surface area contributed by atoms with Gasteiger partial charge in [0.2, 0.25) is 5.91 Å². The van der Waals surface area contributed by atoms with Crippen molar-refractivity contribution in [1.29, 1.82) is 0 Å². The number of carbonyl (C=O) groups excluding carboxylic acids is 1. The second-order valence-electron chi connectivity index (χ2n) is 5.91. The first kappa shape index (κ1) is 19.0. The smallest absolute Gasteiger partial charge is 0.379 e. The minimum absolute atomic E-state index is 0.0292. The van der Waals surface area contributed by atoms with Gasteiger partial charge in [-0.25, -0.2) is 0 Å². The Balaban J connectivity index is 1.93. The van der Waals surface area contributed by atoms with Crippen molar-refractivity contribution in [3.8, 4) is 0 Å². The molecule has 0 bridgehead atoms. The Hall–Kier alpha value is -2.36. The van der Waals surface area contributed by atoms with Crippen LogP contribution in [0.25, 0.3) is 0 Å². The van der Waals surface area contributed by atoms with Crippen LogP contribution in [0.2, 0.25) is 0 Å². The summed E-state index contributed by atoms with van der Waals surface area (Å²) in [4.78, 5) is 21.9. The van der Waals surface area contributed by atoms with E-state index in [9.17, 15) is 28.1 Å². The third kappa shape index (κ3) is 5.31. The van der Waals surface area contributed by atoms with Crippen molar-refractivity contribution < 1.29 is 22.9 Å². The van der Waals surface area contributed by atoms with E-state index in [0.29, 0.717) is 18.5 Å². The van der Waals surface area contributed by atoms with Crippen LogP contribution < -0.4 is 16.4 Å². The van der Waals surface area contributed by atoms with E-state index in [4.69, 9.17) is 5.73 Å². The second-order valence-corrected chi connectivity index (χ2v) is 5.91. The Bertz CT molecular complexity index is 647. The minimum atomic E-state index is -4.66. The molecule has 0 aromatic heterocycles. The molecular weight excluding hydrogens is 341 g/mol. The predicted octanol–water partition coefficient (Wildman–Crippen LogP) is 2.27. The molecule has 1 aliphatic carbocycles. The number of nitrogens with one attached hydrogen (secondary N) is 2. The zero-order valence-corrected chi connectivity index (χ0v) is 13.3. The van der Waals surface area contributed by atoms with Crippen molar-refractivity contribution in [2.45, 2.75) is 31.5 Å². The molecule has 1 aromatic rings. The molecule has 1 saturated carbocycles. The van der Waals surface area contributed by atoms with Gasteiger partial charge in [-0.3, -0.25) is 14.9 Å². The van der Waals surface area contributed by atoms with Gasteiger partial charge in [0.1, 0.15) is 5.69 Å². The van der Waals surface area contributed by atoms with E-state index in [0.717, 1.165) is 25.0 Å². The fourth-order valence-corrected chi connectivity index (χ4v) is 2.47. The van der Waals surface area contributed by atoms with Crippen LogP contribution in [-0.2, 0) is 11.0 Å². The maximum atomic E-state index is 12.6. The fourth-order valence-electron chi connectivity index (χ4n) is 2.47. The van der Waals surface area contributed by atoms with Crippen molar-refractivity contribution in [1.82, 2.24) is 5.32 Å². The number of benzene rings is 1. The Kier molecular flexibility index (Phi) is 5.83. The number of nitrogens with zero attached hydrogens (tertiary/aromatic N) is 1. The van der Waals surface area contributed by atoms with Crippen LogP contribution in [0.4, 0.5) is 24.5 Å². The van der Waals surface area contributed by atoms with Crippen molar-refractivity contribution in [3.63, 3.8) is 0 Å². The number of nitro groups is 1. The maximum absolute atomic E-state index is 12.6. The molecule has 0 radical (unpaired) electrons. The van der Waals surface area contributed by atoms with Crippen LogP contribution in [0.1, 0.15) is 24.8 Å². The first-order valence-electron chi connectivity index (χ1n) is 7.81. The van der Waals surface area contributed by atoms with E-state index < -0.39 is 22.4 Å². The lowest BCUT2D eigenvalue weighted by Crippen LogP contribution is -2.42. The van der Waals surface area contributed by atoms with Gasteiger partial charge in [-0.1, -0.05) is 0 Å². The minimum Gasteiger partial charge on any atom is -0.379 e. The molecule has 0 aliphatic heterocycles. The topological polar surface area (TPSA) is 110 Å². The highest BCUT2D eigenvalue weighted by atomic mass is 19.4. The third-order valence-corrected chi connectivity index (χ3v) is 3.98. The Morgan fingerprint density at radius 2 is 2.08 bits per heavy atom. The van der Waals surface area contributed by atoms with E-state index in [1.54, 1.807) is 0 Å². The van der Waals surface area contributed by atoms with Crippen LogP contribution >= 0.6 is 0 Å². The average Bonchev–Trinajstić information content (AvgIpc) is 3.36. The predicted molar refractivity (Wildman–Crippen MR) is 84.9 cm³/mol. The summed E-state index contributed by atoms with van der Waals surface area (Å²) in [6, 6.07) is 2.14. The molecule has 10 heteroatoms. The molecule has 0 spiro atoms. The molecule has 1 aliphatic rings. The normalized spacial score (nSPS) is 15.5. The van der Waals surface area contributed by atoms with Crippen molar-refractivity contribution in [2.75, 3.05) is 18.4 Å². The summed E-state index contributed by atoms with van der Waals surface area (Å²) in [6.45, 7) is 0.397. The van der Waals surface area contributed by atoms with Gasteiger partial charge in [-0.15, -0.1) is 0 Å². The third-order valence-electron chi connectivity index (χ3n) is 3.98. The zero-order chi connectivity index (χ0) is 18.6. The lowest BCUT2D eigenvalue weighted by Gasteiger charge is -2.16. The highest BCUT2D eigenvalue weighted by Crippen LogP contribution is 2.35. The van der Waals surface area contributed by atoms with Crippen molar-refractivity contribution in [2.24, 2.45) is 11.7 Å². The summed E-state index contributed by atoms with van der Waals surface area (Å²) >= 11 is 0. The van der Waals surface area contributed by atoms with Crippen LogP contribution in [0.5, 0.6) is 0 Å². The second kappa shape index (κ2) is 7.68. The number of nitrogens with two attached hydrogens (primary N) is 1. The molecule has 1 atom stereocenters. The summed E-state index contributed by atoms with van der Waals surface area (Å²) in [5, 5.41) is 16.4. The number of nitro benzene ring substituents is 1. The average molecular weight is 360 g/mol. The van der Waals surface area contributed by atoms with Crippen molar-refractivity contribution >= 4 is 17.3 Å². The standard InChI is InChI=1S/C15H19F3N4O3/c16-15(17,18)10-3-4-11(13(7-10)22(24)25)20-6-5-14(23)21-12(8-19)9-1-2-9/h3-4,7,9,12,20H,1-2,5-6,8,19H2,(H,21,23). The van der Waals surface area contributed by atoms with E-state index in [2.05, 4.69) is 10.6 Å². The number of rotatable bonds is 8. The number of amides is 1. The number of hydrogen-bond acceptors (Lipinski definition) is 5. The monoisotopic (exact) mass is 360 g/mol. The van der Waals surface area contributed by atoms with E-state index in [1.165, 1.54) is 0 Å². The number of halogens is 3. The van der Waals surface area contributed by atoms with Gasteiger partial charge in [-0.2, -0.15) is 13.2 Å². The number of hydrogen-bond donors (Lipinski definition) is 3. The first-order valence-corrected chi connectivity index (χ1v) is 7.81. The molecule has 1 unspecified atom stereocenters. The Labute approximate surface area is 141 Å². The molecule has 2 rings (SSSR count). The molecule has 1 aromatic carbocycles. The van der Waals surface area contributed by atoms with Crippen molar-refractivity contribution in [3.05, 3.63) is 33.9 Å². The number of carbonyl (C=O) groups is 1. The highest BCUT2D eigenvalue weighted by molar-refractivity contribution is 5.77. The summed E-state index contributed by atoms with van der Waals surface area (Å²) in [5.74, 6) is 0.141. The Morgan fingerprint density at radius 3 is 2.60 bits per heavy atom. The molecule has 1 fully saturated rings. The SMILES string of the molecule is NCC(NC(=O)CCNc1ccc(C(F)(F)F)cc1[N+](=O)[O-])C1CC1. The van der Waals surface area contributed by atoms with Crippen LogP contribution in [0.15, 0.2) is 18.2 Å². The van der Waals surface area contributed by atoms with Gasteiger partial charge in [0, 0.05) is 31.6 Å². The van der Waals surface area contributed by atoms with Crippen LogP contribution in [0, 0.1) is 16.0 Å². The maximum Gasteiger partial charge on any atom is 0.416 e. The molecule has 1 amide bonds. The number of alkyl halides is 3. The molecule has 0 heterocycles. The quantitative estimate of drug-likeness (QED) is 0.487. The summed E-state index contributed by atoms with van der Waals surface area (Å²) in [6.07, 6.45) is -2.58. The fraction of sp³-hybridized carbons (Fsp3) is 0.533. The summed E-state index contributed by atoms with van der Waals surface area (Å²) in [5.41, 5.74) is 3.73. The molecule has 0 saturated heterocycles. The summed E-state index contributed by atoms with van der Waals surface area (Å²) < 4.78 is 37.9. The number of anilines is 1. The molecule has 7 nitrogen and oxygen atoms in total. The summed E-state index contributed by atoms with van der Waals surface area (Å²) in [7, 11) is 0. The first-order chi connectivity index (χ1) is 11.7. The van der Waals surface area contributed by atoms with E-state index in [1.807, 2.05) is 0 Å². The largest absolute Gasteiger partial charge is 0.416 e. The molecular formula is C15H19F3N4O3. The van der Waals surface area contributed by atoms with Gasteiger partial charge >= 0.3 is 6.18 Å². The highest BCUT2D eigenvalue weighted by Gasteiger charge is 2.33. The van der Waals surface area contributed by atoms with Crippen LogP contribution in [0.3, 0.4) is 0 Å². The lowest BCUT2D eigenvalue weighted by atomic mass is 10.1. The van der Waals surface area contributed by atoms with Gasteiger partial charge in [0.25, 0.3) is 5.69 Å². The molecule has 25 heavy (non-hydrogen) atoms. The van der Waals surface area contributed by atoms with E-state index in [-0.39, 0.29) is 30.6 Å². The van der Waals surface area contributed by atoms with E-state index >= 15 is 0 Å².